The maximum Gasteiger partial charge on any atom is 0.222 e. The Labute approximate surface area is 83.9 Å². The largest absolute Gasteiger partial charge is 0.359 e. The molecule has 4 N–H and O–H groups in total. The first-order valence-corrected chi connectivity index (χ1v) is 5.22. The Morgan fingerprint density at radius 1 is 1.43 bits per heavy atom. The highest BCUT2D eigenvalue weighted by Crippen LogP contribution is 2.32. The lowest BCUT2D eigenvalue weighted by molar-refractivity contribution is -0.125. The van der Waals surface area contributed by atoms with Crippen molar-refractivity contribution in [3.63, 3.8) is 0 Å². The smallest absolute Gasteiger partial charge is 0.222 e. The van der Waals surface area contributed by atoms with Crippen LogP contribution in [0.5, 0.6) is 0 Å². The number of amides is 1. The summed E-state index contributed by atoms with van der Waals surface area (Å²) >= 11 is 0. The third kappa shape index (κ3) is 1.75. The second-order valence-corrected chi connectivity index (χ2v) is 4.27. The van der Waals surface area contributed by atoms with Gasteiger partial charge in [-0.1, -0.05) is 0 Å². The number of hydrogen-bond acceptors (Lipinski definition) is 4. The van der Waals surface area contributed by atoms with Gasteiger partial charge in [0.2, 0.25) is 5.91 Å². The van der Waals surface area contributed by atoms with Crippen molar-refractivity contribution in [3.05, 3.63) is 0 Å². The second kappa shape index (κ2) is 3.84. The highest BCUT2D eigenvalue weighted by molar-refractivity contribution is 5.78. The zero-order valence-electron chi connectivity index (χ0n) is 8.52. The molecule has 80 valence electrons. The quantitative estimate of drug-likeness (QED) is 0.449. The van der Waals surface area contributed by atoms with E-state index in [1.165, 1.54) is 0 Å². The van der Waals surface area contributed by atoms with Crippen molar-refractivity contribution in [1.29, 1.82) is 0 Å². The van der Waals surface area contributed by atoms with E-state index in [-0.39, 0.29) is 17.4 Å². The van der Waals surface area contributed by atoms with Gasteiger partial charge in [-0.05, 0) is 25.7 Å². The summed E-state index contributed by atoms with van der Waals surface area (Å²) in [5, 5.41) is 2.72. The fourth-order valence-electron chi connectivity index (χ4n) is 2.37. The molecule has 1 saturated heterocycles. The lowest BCUT2D eigenvalue weighted by Gasteiger charge is -2.35. The Balaban J connectivity index is 1.88. The summed E-state index contributed by atoms with van der Waals surface area (Å²) in [6, 6.07) is 0. The highest BCUT2D eigenvalue weighted by atomic mass is 16.1. The molecule has 1 heterocycles. The Hall–Kier alpha value is -0.650. The van der Waals surface area contributed by atoms with E-state index in [4.69, 9.17) is 0 Å². The number of hydrazine groups is 2. The molecular formula is C9H18N4O. The summed E-state index contributed by atoms with van der Waals surface area (Å²) in [6.07, 6.45) is 4.09. The molecule has 0 aromatic rings. The standard InChI is InChI=1S/C9H18N4O/c1-10-8(14)7-2-4-9(5-3-7)6-11-13-12-9/h7,11-13H,2-6H2,1H3,(H,10,14). The van der Waals surface area contributed by atoms with Crippen LogP contribution < -0.4 is 21.7 Å². The van der Waals surface area contributed by atoms with Gasteiger partial charge >= 0.3 is 0 Å². The molecule has 1 saturated carbocycles. The van der Waals surface area contributed by atoms with Gasteiger partial charge in [-0.15, -0.1) is 0 Å². The van der Waals surface area contributed by atoms with E-state index < -0.39 is 0 Å². The van der Waals surface area contributed by atoms with Gasteiger partial charge in [0.1, 0.15) is 0 Å². The average molecular weight is 198 g/mol. The van der Waals surface area contributed by atoms with E-state index in [9.17, 15) is 4.79 Å². The van der Waals surface area contributed by atoms with Gasteiger partial charge in [-0.25, -0.2) is 10.9 Å². The molecule has 0 aromatic carbocycles. The molecule has 5 nitrogen and oxygen atoms in total. The van der Waals surface area contributed by atoms with Crippen LogP contribution in [0.25, 0.3) is 0 Å². The van der Waals surface area contributed by atoms with Crippen LogP contribution in [0.4, 0.5) is 0 Å². The van der Waals surface area contributed by atoms with E-state index in [0.717, 1.165) is 32.2 Å². The van der Waals surface area contributed by atoms with Crippen molar-refractivity contribution in [2.24, 2.45) is 5.92 Å². The zero-order chi connectivity index (χ0) is 10.0. The minimum atomic E-state index is 0.185. The first kappa shape index (κ1) is 9.89. The van der Waals surface area contributed by atoms with Crippen molar-refractivity contribution in [1.82, 2.24) is 21.7 Å². The summed E-state index contributed by atoms with van der Waals surface area (Å²) in [6.45, 7) is 0.952. The average Bonchev–Trinajstić information content (AvgIpc) is 2.67. The molecule has 0 bridgehead atoms. The summed E-state index contributed by atoms with van der Waals surface area (Å²) in [5.74, 6) is 0.409. The third-order valence-corrected chi connectivity index (χ3v) is 3.40. The normalized spacial score (nSPS) is 37.4. The molecule has 2 rings (SSSR count). The maximum atomic E-state index is 11.4. The van der Waals surface area contributed by atoms with Crippen LogP contribution >= 0.6 is 0 Å². The first-order valence-electron chi connectivity index (χ1n) is 5.22. The summed E-state index contributed by atoms with van der Waals surface area (Å²) < 4.78 is 0. The number of rotatable bonds is 1. The zero-order valence-corrected chi connectivity index (χ0v) is 8.52. The van der Waals surface area contributed by atoms with Gasteiger partial charge in [0.15, 0.2) is 0 Å². The minimum absolute atomic E-state index is 0.185. The molecule has 0 atom stereocenters. The molecule has 0 radical (unpaired) electrons. The molecular weight excluding hydrogens is 180 g/mol. The van der Waals surface area contributed by atoms with Crippen LogP contribution in [0.1, 0.15) is 25.7 Å². The van der Waals surface area contributed by atoms with Crippen LogP contribution in [0.2, 0.25) is 0 Å². The van der Waals surface area contributed by atoms with Crippen LogP contribution in [0, 0.1) is 5.92 Å². The molecule has 2 aliphatic rings. The molecule has 14 heavy (non-hydrogen) atoms. The van der Waals surface area contributed by atoms with Gasteiger partial charge in [0.25, 0.3) is 0 Å². The SMILES string of the molecule is CNC(=O)C1CCC2(CC1)CNNN2. The Morgan fingerprint density at radius 2 is 2.14 bits per heavy atom. The summed E-state index contributed by atoms with van der Waals surface area (Å²) in [4.78, 5) is 11.4. The lowest BCUT2D eigenvalue weighted by Crippen LogP contribution is -2.49. The molecule has 1 spiro atoms. The van der Waals surface area contributed by atoms with E-state index in [2.05, 4.69) is 21.7 Å². The van der Waals surface area contributed by atoms with Crippen molar-refractivity contribution in [2.75, 3.05) is 13.6 Å². The minimum Gasteiger partial charge on any atom is -0.359 e. The topological polar surface area (TPSA) is 65.2 Å². The van der Waals surface area contributed by atoms with Crippen LogP contribution in [-0.4, -0.2) is 25.0 Å². The molecule has 5 heteroatoms. The second-order valence-electron chi connectivity index (χ2n) is 4.27. The Kier molecular flexibility index (Phi) is 2.71. The third-order valence-electron chi connectivity index (χ3n) is 3.40. The molecule has 1 aliphatic carbocycles. The molecule has 1 amide bonds. The Morgan fingerprint density at radius 3 is 2.64 bits per heavy atom. The summed E-state index contributed by atoms with van der Waals surface area (Å²) in [5.41, 5.74) is 9.46. The predicted molar refractivity (Wildman–Crippen MR) is 53.0 cm³/mol. The Bertz CT molecular complexity index is 215. The number of hydrogen-bond donors (Lipinski definition) is 4. The van der Waals surface area contributed by atoms with Crippen molar-refractivity contribution in [2.45, 2.75) is 31.2 Å². The van der Waals surface area contributed by atoms with Gasteiger partial charge in [0.05, 0.1) is 0 Å². The summed E-state index contributed by atoms with van der Waals surface area (Å²) in [7, 11) is 1.71. The van der Waals surface area contributed by atoms with E-state index in [0.29, 0.717) is 0 Å². The molecule has 0 unspecified atom stereocenters. The number of carbonyl (C=O) groups excluding carboxylic acids is 1. The lowest BCUT2D eigenvalue weighted by atomic mass is 9.77. The van der Waals surface area contributed by atoms with Crippen LogP contribution in [0.3, 0.4) is 0 Å². The molecule has 1 aliphatic heterocycles. The van der Waals surface area contributed by atoms with E-state index >= 15 is 0 Å². The van der Waals surface area contributed by atoms with Crippen molar-refractivity contribution >= 4 is 5.91 Å². The number of nitrogens with one attached hydrogen (secondary N) is 4. The van der Waals surface area contributed by atoms with E-state index in [1.54, 1.807) is 7.05 Å². The van der Waals surface area contributed by atoms with Gasteiger partial charge in [0, 0.05) is 25.0 Å². The van der Waals surface area contributed by atoms with Crippen LogP contribution in [-0.2, 0) is 4.79 Å². The molecule has 0 aromatic heterocycles. The number of carbonyl (C=O) groups is 1. The van der Waals surface area contributed by atoms with Gasteiger partial charge < -0.3 is 5.32 Å². The van der Waals surface area contributed by atoms with Crippen LogP contribution in [0.15, 0.2) is 0 Å². The maximum absolute atomic E-state index is 11.4. The molecule has 2 fully saturated rings. The highest BCUT2D eigenvalue weighted by Gasteiger charge is 2.39. The monoisotopic (exact) mass is 198 g/mol. The van der Waals surface area contributed by atoms with Crippen molar-refractivity contribution < 1.29 is 4.79 Å². The first-order chi connectivity index (χ1) is 6.76. The predicted octanol–water partition coefficient (Wildman–Crippen LogP) is -0.726. The fourth-order valence-corrected chi connectivity index (χ4v) is 2.37. The fraction of sp³-hybridized carbons (Fsp3) is 0.889. The van der Waals surface area contributed by atoms with E-state index in [1.807, 2.05) is 0 Å². The van der Waals surface area contributed by atoms with Gasteiger partial charge in [-0.2, -0.15) is 5.53 Å². The van der Waals surface area contributed by atoms with Gasteiger partial charge in [-0.3, -0.25) is 4.79 Å². The van der Waals surface area contributed by atoms with Crippen molar-refractivity contribution in [3.8, 4) is 0 Å².